The number of carbonyl (C=O) groups excluding carboxylic acids is 1. The Morgan fingerprint density at radius 3 is 2.56 bits per heavy atom. The van der Waals surface area contributed by atoms with E-state index in [1.165, 1.54) is 31.4 Å². The number of amides is 1. The number of hydrogen-bond donors (Lipinski definition) is 2. The summed E-state index contributed by atoms with van der Waals surface area (Å²) in [5, 5.41) is 7.75. The quantitative estimate of drug-likeness (QED) is 0.720. The van der Waals surface area contributed by atoms with Crippen molar-refractivity contribution in [1.82, 2.24) is 0 Å². The van der Waals surface area contributed by atoms with Gasteiger partial charge in [-0.1, -0.05) is 28.1 Å². The number of ether oxygens (including phenoxy) is 1. The average molecular weight is 425 g/mol. The molecule has 0 aliphatic heterocycles. The van der Waals surface area contributed by atoms with Gasteiger partial charge in [-0.25, -0.2) is 13.6 Å². The molecule has 0 atom stereocenters. The Labute approximate surface area is 154 Å². The molecule has 0 aliphatic rings. The third-order valence-corrected chi connectivity index (χ3v) is 4.93. The summed E-state index contributed by atoms with van der Waals surface area (Å²) in [6.07, 6.45) is 3.01. The molecule has 0 saturated heterocycles. The van der Waals surface area contributed by atoms with E-state index in [0.717, 1.165) is 15.6 Å². The van der Waals surface area contributed by atoms with Crippen molar-refractivity contribution in [3.05, 3.63) is 58.1 Å². The maximum absolute atomic E-state index is 12.1. The van der Waals surface area contributed by atoms with E-state index in [-0.39, 0.29) is 10.6 Å². The number of benzene rings is 2. The topological polar surface area (TPSA) is 98.5 Å². The first-order valence-corrected chi connectivity index (χ1v) is 9.50. The molecule has 132 valence electrons. The Morgan fingerprint density at radius 2 is 1.96 bits per heavy atom. The number of aryl methyl sites for hydroxylation is 1. The first-order chi connectivity index (χ1) is 11.7. The number of anilines is 1. The number of hydrogen-bond acceptors (Lipinski definition) is 4. The summed E-state index contributed by atoms with van der Waals surface area (Å²) >= 11 is 3.43. The van der Waals surface area contributed by atoms with Crippen LogP contribution in [0.5, 0.6) is 5.75 Å². The molecule has 0 saturated carbocycles. The number of rotatable bonds is 5. The minimum absolute atomic E-state index is 0.111. The van der Waals surface area contributed by atoms with E-state index in [4.69, 9.17) is 9.88 Å². The highest BCUT2D eigenvalue weighted by atomic mass is 79.9. The molecule has 6 nitrogen and oxygen atoms in total. The van der Waals surface area contributed by atoms with Crippen LogP contribution in [0.1, 0.15) is 11.1 Å². The Bertz CT molecular complexity index is 940. The molecule has 0 bridgehead atoms. The fourth-order valence-corrected chi connectivity index (χ4v) is 3.44. The Morgan fingerprint density at radius 1 is 1.24 bits per heavy atom. The number of methoxy groups -OCH3 is 1. The van der Waals surface area contributed by atoms with Crippen molar-refractivity contribution in [2.24, 2.45) is 5.14 Å². The largest absolute Gasteiger partial charge is 0.495 e. The van der Waals surface area contributed by atoms with Crippen molar-refractivity contribution in [3.8, 4) is 5.75 Å². The van der Waals surface area contributed by atoms with Gasteiger partial charge in [0.05, 0.1) is 7.11 Å². The van der Waals surface area contributed by atoms with Crippen LogP contribution in [0.4, 0.5) is 5.69 Å². The lowest BCUT2D eigenvalue weighted by Crippen LogP contribution is -2.15. The first kappa shape index (κ1) is 19.2. The van der Waals surface area contributed by atoms with Crippen LogP contribution in [0.25, 0.3) is 6.08 Å². The van der Waals surface area contributed by atoms with Crippen LogP contribution in [0.3, 0.4) is 0 Å². The minimum atomic E-state index is -3.97. The van der Waals surface area contributed by atoms with Gasteiger partial charge in [-0.2, -0.15) is 0 Å². The molecule has 0 radical (unpaired) electrons. The normalized spacial score (nSPS) is 11.5. The average Bonchev–Trinajstić information content (AvgIpc) is 2.53. The number of primary sulfonamides is 1. The van der Waals surface area contributed by atoms with Crippen molar-refractivity contribution in [1.29, 1.82) is 0 Å². The van der Waals surface area contributed by atoms with Crippen LogP contribution < -0.4 is 15.2 Å². The van der Waals surface area contributed by atoms with Crippen molar-refractivity contribution < 1.29 is 17.9 Å². The highest BCUT2D eigenvalue weighted by Crippen LogP contribution is 2.26. The third kappa shape index (κ3) is 5.15. The van der Waals surface area contributed by atoms with Crippen molar-refractivity contribution in [2.75, 3.05) is 12.4 Å². The number of nitrogens with one attached hydrogen (secondary N) is 1. The molecule has 2 aromatic rings. The maximum atomic E-state index is 12.1. The number of carbonyl (C=O) groups is 1. The molecule has 8 heteroatoms. The van der Waals surface area contributed by atoms with Crippen LogP contribution in [-0.2, 0) is 14.8 Å². The van der Waals surface area contributed by atoms with Crippen LogP contribution in [0.2, 0.25) is 0 Å². The van der Waals surface area contributed by atoms with Crippen molar-refractivity contribution in [3.63, 3.8) is 0 Å². The molecule has 25 heavy (non-hydrogen) atoms. The molecule has 0 aliphatic carbocycles. The molecular weight excluding hydrogens is 408 g/mol. The summed E-state index contributed by atoms with van der Waals surface area (Å²) < 4.78 is 29.0. The van der Waals surface area contributed by atoms with Gasteiger partial charge < -0.3 is 10.1 Å². The highest BCUT2D eigenvalue weighted by Gasteiger charge is 2.16. The van der Waals surface area contributed by atoms with Crippen LogP contribution in [-0.4, -0.2) is 21.4 Å². The van der Waals surface area contributed by atoms with Gasteiger partial charge in [0.2, 0.25) is 15.9 Å². The summed E-state index contributed by atoms with van der Waals surface area (Å²) in [5.74, 6) is -0.294. The van der Waals surface area contributed by atoms with Gasteiger partial charge in [0.25, 0.3) is 0 Å². The molecular formula is C17H17BrN2O4S. The SMILES string of the molecule is COc1ccc(NC(=O)/C=C/c2ccc(C)cc2Br)cc1S(N)(=O)=O. The standard InChI is InChI=1S/C17H17BrN2O4S/c1-11-3-4-12(14(18)9-11)5-8-17(21)20-13-6-7-15(24-2)16(10-13)25(19,22)23/h3-10H,1-2H3,(H,20,21)(H2,19,22,23)/b8-5+. The molecule has 0 fully saturated rings. The second-order valence-electron chi connectivity index (χ2n) is 5.26. The van der Waals surface area contributed by atoms with Gasteiger partial charge in [-0.3, -0.25) is 4.79 Å². The van der Waals surface area contributed by atoms with E-state index >= 15 is 0 Å². The van der Waals surface area contributed by atoms with Gasteiger partial charge in [0.1, 0.15) is 10.6 Å². The van der Waals surface area contributed by atoms with Crippen molar-refractivity contribution in [2.45, 2.75) is 11.8 Å². The maximum Gasteiger partial charge on any atom is 0.248 e. The fourth-order valence-electron chi connectivity index (χ4n) is 2.09. The summed E-state index contributed by atoms with van der Waals surface area (Å²) in [7, 11) is -2.63. The lowest BCUT2D eigenvalue weighted by Gasteiger charge is -2.09. The number of nitrogens with two attached hydrogens (primary N) is 1. The zero-order valence-corrected chi connectivity index (χ0v) is 16.0. The van der Waals surface area contributed by atoms with E-state index in [1.807, 2.05) is 25.1 Å². The molecule has 0 heterocycles. The molecule has 1 amide bonds. The Balaban J connectivity index is 2.19. The molecule has 2 aromatic carbocycles. The second-order valence-corrected chi connectivity index (χ2v) is 7.64. The molecule has 0 spiro atoms. The Hall–Kier alpha value is -2.16. The molecule has 0 unspecified atom stereocenters. The van der Waals surface area contributed by atoms with Gasteiger partial charge in [0.15, 0.2) is 0 Å². The smallest absolute Gasteiger partial charge is 0.248 e. The molecule has 3 N–H and O–H groups in total. The van der Waals surface area contributed by atoms with Gasteiger partial charge in [0, 0.05) is 16.2 Å². The zero-order valence-electron chi connectivity index (χ0n) is 13.6. The predicted molar refractivity (Wildman–Crippen MR) is 101 cm³/mol. The second kappa shape index (κ2) is 7.81. The zero-order chi connectivity index (χ0) is 18.6. The Kier molecular flexibility index (Phi) is 5.99. The molecule has 0 aromatic heterocycles. The third-order valence-electron chi connectivity index (χ3n) is 3.31. The van der Waals surface area contributed by atoms with E-state index < -0.39 is 15.9 Å². The number of sulfonamides is 1. The van der Waals surface area contributed by atoms with Crippen LogP contribution >= 0.6 is 15.9 Å². The van der Waals surface area contributed by atoms with E-state index in [0.29, 0.717) is 5.69 Å². The van der Waals surface area contributed by atoms with E-state index in [9.17, 15) is 13.2 Å². The summed E-state index contributed by atoms with van der Waals surface area (Å²) in [5.41, 5.74) is 2.24. The van der Waals surface area contributed by atoms with Gasteiger partial charge >= 0.3 is 0 Å². The summed E-state index contributed by atoms with van der Waals surface area (Å²) in [4.78, 5) is 11.9. The first-order valence-electron chi connectivity index (χ1n) is 7.17. The van der Waals surface area contributed by atoms with E-state index in [1.54, 1.807) is 6.08 Å². The number of halogens is 1. The monoisotopic (exact) mass is 424 g/mol. The summed E-state index contributed by atoms with van der Waals surface area (Å²) in [6.45, 7) is 1.97. The van der Waals surface area contributed by atoms with Crippen LogP contribution in [0, 0.1) is 6.92 Å². The van der Waals surface area contributed by atoms with Crippen LogP contribution in [0.15, 0.2) is 51.8 Å². The van der Waals surface area contributed by atoms with Gasteiger partial charge in [-0.05, 0) is 48.4 Å². The summed E-state index contributed by atoms with van der Waals surface area (Å²) in [6, 6.07) is 9.97. The lowest BCUT2D eigenvalue weighted by atomic mass is 10.1. The fraction of sp³-hybridized carbons (Fsp3) is 0.118. The van der Waals surface area contributed by atoms with Gasteiger partial charge in [-0.15, -0.1) is 0 Å². The predicted octanol–water partition coefficient (Wildman–Crippen LogP) is 3.07. The lowest BCUT2D eigenvalue weighted by molar-refractivity contribution is -0.111. The minimum Gasteiger partial charge on any atom is -0.495 e. The van der Waals surface area contributed by atoms with E-state index in [2.05, 4.69) is 21.2 Å². The highest BCUT2D eigenvalue weighted by molar-refractivity contribution is 9.10. The molecule has 2 rings (SSSR count). The van der Waals surface area contributed by atoms with Crippen molar-refractivity contribution >= 4 is 43.6 Å².